The summed E-state index contributed by atoms with van der Waals surface area (Å²) in [5, 5.41) is 2.84. The minimum Gasteiger partial charge on any atom is -0.341 e. The smallest absolute Gasteiger partial charge is 0.260 e. The largest absolute Gasteiger partial charge is 0.341 e. The lowest BCUT2D eigenvalue weighted by Gasteiger charge is -2.23. The molecule has 3 aromatic rings. The Balaban J connectivity index is 1.49. The number of aromatic nitrogens is 2. The van der Waals surface area contributed by atoms with E-state index in [1.54, 1.807) is 7.05 Å². The first-order valence-corrected chi connectivity index (χ1v) is 12.7. The van der Waals surface area contributed by atoms with Crippen LogP contribution in [-0.2, 0) is 14.6 Å². The van der Waals surface area contributed by atoms with Gasteiger partial charge >= 0.3 is 0 Å². The number of nitrogens with one attached hydrogen (secondary N) is 1. The number of carbonyl (C=O) groups excluding carboxylic acids is 1. The van der Waals surface area contributed by atoms with E-state index >= 15 is 0 Å². The second-order valence-electron chi connectivity index (χ2n) is 6.92. The molecule has 152 valence electrons. The normalized spacial score (nSPS) is 18.2. The predicted molar refractivity (Wildman–Crippen MR) is 116 cm³/mol. The van der Waals surface area contributed by atoms with Crippen LogP contribution < -0.4 is 5.56 Å². The number of aromatic amines is 1. The molecule has 2 aromatic heterocycles. The van der Waals surface area contributed by atoms with Gasteiger partial charge in [-0.3, -0.25) is 9.59 Å². The van der Waals surface area contributed by atoms with Gasteiger partial charge in [-0.25, -0.2) is 13.4 Å². The van der Waals surface area contributed by atoms with Crippen molar-refractivity contribution in [1.82, 2.24) is 14.9 Å². The van der Waals surface area contributed by atoms with Crippen molar-refractivity contribution in [2.45, 2.75) is 17.6 Å². The minimum absolute atomic E-state index is 0.0123. The van der Waals surface area contributed by atoms with Gasteiger partial charge in [-0.05, 0) is 12.0 Å². The SMILES string of the molecule is CN(C(=O)CSc1nc2scc(-c3ccccc3)c2c(=O)[nH]1)[C@@H]1CCS(=O)(=O)C1. The van der Waals surface area contributed by atoms with E-state index in [0.29, 0.717) is 21.8 Å². The van der Waals surface area contributed by atoms with Gasteiger partial charge in [0, 0.05) is 24.0 Å². The van der Waals surface area contributed by atoms with E-state index in [1.807, 2.05) is 35.7 Å². The van der Waals surface area contributed by atoms with Crippen LogP contribution in [0.15, 0.2) is 45.7 Å². The van der Waals surface area contributed by atoms with Gasteiger partial charge in [0.15, 0.2) is 15.0 Å². The quantitative estimate of drug-likeness (QED) is 0.474. The van der Waals surface area contributed by atoms with Crippen molar-refractivity contribution >= 4 is 49.1 Å². The fraction of sp³-hybridized carbons (Fsp3) is 0.316. The number of carbonyl (C=O) groups is 1. The number of hydrogen-bond donors (Lipinski definition) is 1. The Kier molecular flexibility index (Phi) is 5.50. The zero-order valence-corrected chi connectivity index (χ0v) is 18.1. The highest BCUT2D eigenvalue weighted by Gasteiger charge is 2.32. The molecule has 1 saturated heterocycles. The molecule has 1 fully saturated rings. The van der Waals surface area contributed by atoms with E-state index in [4.69, 9.17) is 0 Å². The number of H-pyrrole nitrogens is 1. The molecule has 1 amide bonds. The zero-order chi connectivity index (χ0) is 20.6. The van der Waals surface area contributed by atoms with E-state index in [9.17, 15) is 18.0 Å². The number of hydrogen-bond acceptors (Lipinski definition) is 7. The lowest BCUT2D eigenvalue weighted by molar-refractivity contribution is -0.128. The van der Waals surface area contributed by atoms with E-state index in [-0.39, 0.29) is 34.8 Å². The van der Waals surface area contributed by atoms with Crippen LogP contribution in [0.2, 0.25) is 0 Å². The van der Waals surface area contributed by atoms with Crippen LogP contribution >= 0.6 is 23.1 Å². The first kappa shape index (κ1) is 20.1. The molecule has 1 aliphatic rings. The van der Waals surface area contributed by atoms with Gasteiger partial charge < -0.3 is 9.88 Å². The summed E-state index contributed by atoms with van der Waals surface area (Å²) in [6.45, 7) is 0. The number of thioether (sulfide) groups is 1. The summed E-state index contributed by atoms with van der Waals surface area (Å²) in [5.74, 6) is 0.0309. The van der Waals surface area contributed by atoms with Crippen LogP contribution in [0.25, 0.3) is 21.3 Å². The van der Waals surface area contributed by atoms with Gasteiger partial charge in [-0.1, -0.05) is 42.1 Å². The second kappa shape index (κ2) is 7.92. The van der Waals surface area contributed by atoms with Crippen LogP contribution in [-0.4, -0.2) is 59.5 Å². The number of fused-ring (bicyclic) bond motifs is 1. The number of rotatable bonds is 5. The number of sulfone groups is 1. The molecule has 4 rings (SSSR count). The molecule has 0 bridgehead atoms. The van der Waals surface area contributed by atoms with Crippen molar-refractivity contribution in [2.75, 3.05) is 24.3 Å². The summed E-state index contributed by atoms with van der Waals surface area (Å²) in [7, 11) is -1.43. The van der Waals surface area contributed by atoms with E-state index in [0.717, 1.165) is 22.9 Å². The van der Waals surface area contributed by atoms with Gasteiger partial charge in [0.1, 0.15) is 4.83 Å². The van der Waals surface area contributed by atoms with Gasteiger partial charge in [-0.2, -0.15) is 0 Å². The molecule has 29 heavy (non-hydrogen) atoms. The maximum atomic E-state index is 12.6. The molecule has 1 atom stereocenters. The number of thiophene rings is 1. The summed E-state index contributed by atoms with van der Waals surface area (Å²) in [5.41, 5.74) is 1.56. The molecule has 1 aliphatic heterocycles. The highest BCUT2D eigenvalue weighted by Crippen LogP contribution is 2.31. The Morgan fingerprint density at radius 2 is 2.10 bits per heavy atom. The third-order valence-corrected chi connectivity index (χ3v) is 8.47. The minimum atomic E-state index is -3.05. The molecule has 1 aromatic carbocycles. The molecule has 7 nitrogen and oxygen atoms in total. The lowest BCUT2D eigenvalue weighted by Crippen LogP contribution is -2.38. The van der Waals surface area contributed by atoms with E-state index in [2.05, 4.69) is 9.97 Å². The Labute approximate surface area is 176 Å². The van der Waals surface area contributed by atoms with Crippen LogP contribution in [0, 0.1) is 0 Å². The topological polar surface area (TPSA) is 100 Å². The average molecular weight is 450 g/mol. The van der Waals surface area contributed by atoms with Crippen molar-refractivity contribution in [1.29, 1.82) is 0 Å². The molecule has 1 N–H and O–H groups in total. The van der Waals surface area contributed by atoms with Crippen molar-refractivity contribution in [3.8, 4) is 11.1 Å². The van der Waals surface area contributed by atoms with Gasteiger partial charge in [0.05, 0.1) is 22.6 Å². The number of amides is 1. The van der Waals surface area contributed by atoms with Crippen LogP contribution in [0.1, 0.15) is 6.42 Å². The fourth-order valence-electron chi connectivity index (χ4n) is 3.34. The molecular formula is C19H19N3O4S3. The van der Waals surface area contributed by atoms with Crippen molar-refractivity contribution in [3.05, 3.63) is 46.1 Å². The molecule has 0 radical (unpaired) electrons. The van der Waals surface area contributed by atoms with Gasteiger partial charge in [-0.15, -0.1) is 11.3 Å². The lowest BCUT2D eigenvalue weighted by atomic mass is 10.1. The van der Waals surface area contributed by atoms with Crippen molar-refractivity contribution < 1.29 is 13.2 Å². The monoisotopic (exact) mass is 449 g/mol. The van der Waals surface area contributed by atoms with Crippen LogP contribution in [0.5, 0.6) is 0 Å². The Morgan fingerprint density at radius 3 is 2.79 bits per heavy atom. The maximum absolute atomic E-state index is 12.6. The Hall–Kier alpha value is -2.17. The van der Waals surface area contributed by atoms with Crippen molar-refractivity contribution in [2.24, 2.45) is 0 Å². The van der Waals surface area contributed by atoms with Gasteiger partial charge in [0.2, 0.25) is 5.91 Å². The maximum Gasteiger partial charge on any atom is 0.260 e. The summed E-state index contributed by atoms with van der Waals surface area (Å²) in [6.07, 6.45) is 0.466. The molecule has 0 saturated carbocycles. The summed E-state index contributed by atoms with van der Waals surface area (Å²) in [6, 6.07) is 9.37. The highest BCUT2D eigenvalue weighted by atomic mass is 32.2. The van der Waals surface area contributed by atoms with Crippen LogP contribution in [0.3, 0.4) is 0 Å². The third kappa shape index (κ3) is 4.24. The molecule has 3 heterocycles. The molecule has 0 unspecified atom stereocenters. The standard InChI is InChI=1S/C19H19N3O4S3/c1-22(13-7-8-29(25,26)11-13)15(23)10-28-19-20-17(24)16-14(9-27-18(16)21-19)12-5-3-2-4-6-12/h2-6,9,13H,7-8,10-11H2,1H3,(H,20,21,24)/t13-/m1/s1. The summed E-state index contributed by atoms with van der Waals surface area (Å²) >= 11 is 2.54. The fourth-order valence-corrected chi connectivity index (χ4v) is 6.91. The first-order chi connectivity index (χ1) is 13.8. The molecule has 0 aliphatic carbocycles. The average Bonchev–Trinajstić information content (AvgIpc) is 3.29. The second-order valence-corrected chi connectivity index (χ2v) is 11.0. The molecular weight excluding hydrogens is 430 g/mol. The van der Waals surface area contributed by atoms with Gasteiger partial charge in [0.25, 0.3) is 5.56 Å². The van der Waals surface area contributed by atoms with Crippen molar-refractivity contribution in [3.63, 3.8) is 0 Å². The van der Waals surface area contributed by atoms with Crippen LogP contribution in [0.4, 0.5) is 0 Å². The number of benzene rings is 1. The third-order valence-electron chi connectivity index (χ3n) is 4.99. The van der Waals surface area contributed by atoms with E-state index < -0.39 is 9.84 Å². The predicted octanol–water partition coefficient (Wildman–Crippen LogP) is 2.39. The number of nitrogens with zero attached hydrogens (tertiary/aromatic N) is 2. The first-order valence-electron chi connectivity index (χ1n) is 9.00. The highest BCUT2D eigenvalue weighted by molar-refractivity contribution is 7.99. The summed E-state index contributed by atoms with van der Waals surface area (Å²) < 4.78 is 23.2. The Morgan fingerprint density at radius 1 is 1.34 bits per heavy atom. The summed E-state index contributed by atoms with van der Waals surface area (Å²) in [4.78, 5) is 34.5. The zero-order valence-electron chi connectivity index (χ0n) is 15.6. The van der Waals surface area contributed by atoms with E-state index in [1.165, 1.54) is 16.2 Å². The Bertz CT molecular complexity index is 1220. The molecule has 10 heteroatoms. The molecule has 0 spiro atoms.